The van der Waals surface area contributed by atoms with Crippen LogP contribution in [0.4, 0.5) is 0 Å². The van der Waals surface area contributed by atoms with E-state index in [1.165, 1.54) is 5.56 Å². The van der Waals surface area contributed by atoms with Gasteiger partial charge in [0.05, 0.1) is 5.56 Å². The molecule has 3 aromatic rings. The molecule has 0 spiro atoms. The van der Waals surface area contributed by atoms with E-state index >= 15 is 0 Å². The van der Waals surface area contributed by atoms with Gasteiger partial charge in [0.15, 0.2) is 0 Å². The van der Waals surface area contributed by atoms with Gasteiger partial charge < -0.3 is 4.74 Å². The SMILES string of the molecule is CCc1ccc(C#Cc2ccc(C(=O)Oc3ccc(C)cc3)cc2)cc1. The lowest BCUT2D eigenvalue weighted by Crippen LogP contribution is -2.08. The average molecular weight is 340 g/mol. The summed E-state index contributed by atoms with van der Waals surface area (Å²) in [5, 5.41) is 0. The summed E-state index contributed by atoms with van der Waals surface area (Å²) in [5.74, 6) is 6.43. The van der Waals surface area contributed by atoms with E-state index in [0.29, 0.717) is 11.3 Å². The molecule has 0 aromatic heterocycles. The molecule has 0 atom stereocenters. The summed E-state index contributed by atoms with van der Waals surface area (Å²) in [7, 11) is 0. The van der Waals surface area contributed by atoms with Crippen LogP contribution in [-0.4, -0.2) is 5.97 Å². The summed E-state index contributed by atoms with van der Waals surface area (Å²) < 4.78 is 5.37. The van der Waals surface area contributed by atoms with Crippen LogP contribution in [0.25, 0.3) is 0 Å². The quantitative estimate of drug-likeness (QED) is 0.373. The Kier molecular flexibility index (Phi) is 5.51. The third kappa shape index (κ3) is 4.62. The highest BCUT2D eigenvalue weighted by molar-refractivity contribution is 5.91. The Balaban J connectivity index is 1.67. The van der Waals surface area contributed by atoms with Gasteiger partial charge >= 0.3 is 5.97 Å². The molecular weight excluding hydrogens is 320 g/mol. The first kappa shape index (κ1) is 17.5. The molecule has 3 rings (SSSR count). The van der Waals surface area contributed by atoms with Crippen molar-refractivity contribution in [3.05, 3.63) is 101 Å². The summed E-state index contributed by atoms with van der Waals surface area (Å²) in [5.41, 5.74) is 4.76. The zero-order chi connectivity index (χ0) is 18.4. The van der Waals surface area contributed by atoms with Crippen molar-refractivity contribution in [1.82, 2.24) is 0 Å². The predicted molar refractivity (Wildman–Crippen MR) is 104 cm³/mol. The molecular formula is C24H20O2. The second-order valence-corrected chi connectivity index (χ2v) is 6.08. The maximum atomic E-state index is 12.2. The van der Waals surface area contributed by atoms with E-state index in [4.69, 9.17) is 4.74 Å². The Hall–Kier alpha value is -3.31. The number of carbonyl (C=O) groups is 1. The van der Waals surface area contributed by atoms with Crippen LogP contribution in [0.15, 0.2) is 72.8 Å². The predicted octanol–water partition coefficient (Wildman–Crippen LogP) is 5.18. The van der Waals surface area contributed by atoms with Crippen molar-refractivity contribution >= 4 is 5.97 Å². The Morgan fingerprint density at radius 3 is 1.88 bits per heavy atom. The minimum atomic E-state index is -0.372. The fourth-order valence-corrected chi connectivity index (χ4v) is 2.43. The first-order valence-electron chi connectivity index (χ1n) is 8.64. The molecule has 3 aromatic carbocycles. The molecule has 2 nitrogen and oxygen atoms in total. The number of carbonyl (C=O) groups excluding carboxylic acids is 1. The summed E-state index contributed by atoms with van der Waals surface area (Å²) in [6.45, 7) is 4.12. The second kappa shape index (κ2) is 8.18. The summed E-state index contributed by atoms with van der Waals surface area (Å²) >= 11 is 0. The van der Waals surface area contributed by atoms with Crippen molar-refractivity contribution in [1.29, 1.82) is 0 Å². The molecule has 0 radical (unpaired) electrons. The standard InChI is InChI=1S/C24H20O2/c1-3-19-6-8-20(9-7-19)10-11-21-12-14-22(15-13-21)24(25)26-23-16-4-18(2)5-17-23/h4-9,12-17H,3H2,1-2H3. The fraction of sp³-hybridized carbons (Fsp3) is 0.125. The van der Waals surface area contributed by atoms with E-state index in [-0.39, 0.29) is 5.97 Å². The van der Waals surface area contributed by atoms with Crippen LogP contribution in [-0.2, 0) is 6.42 Å². The third-order valence-corrected chi connectivity index (χ3v) is 4.07. The van der Waals surface area contributed by atoms with Crippen LogP contribution in [0.3, 0.4) is 0 Å². The van der Waals surface area contributed by atoms with E-state index in [1.54, 1.807) is 24.3 Å². The number of benzene rings is 3. The lowest BCUT2D eigenvalue weighted by atomic mass is 10.1. The van der Waals surface area contributed by atoms with Crippen LogP contribution in [0, 0.1) is 18.8 Å². The molecule has 0 amide bonds. The molecule has 26 heavy (non-hydrogen) atoms. The second-order valence-electron chi connectivity index (χ2n) is 6.08. The largest absolute Gasteiger partial charge is 0.423 e. The number of ether oxygens (including phenoxy) is 1. The monoisotopic (exact) mass is 340 g/mol. The first-order valence-corrected chi connectivity index (χ1v) is 8.64. The highest BCUT2D eigenvalue weighted by Gasteiger charge is 2.08. The zero-order valence-corrected chi connectivity index (χ0v) is 15.0. The van der Waals surface area contributed by atoms with Gasteiger partial charge in [0.25, 0.3) is 0 Å². The number of rotatable bonds is 3. The topological polar surface area (TPSA) is 26.3 Å². The molecule has 2 heteroatoms. The normalized spacial score (nSPS) is 9.92. The van der Waals surface area contributed by atoms with Crippen molar-refractivity contribution in [3.63, 3.8) is 0 Å². The molecule has 0 unspecified atom stereocenters. The fourth-order valence-electron chi connectivity index (χ4n) is 2.43. The smallest absolute Gasteiger partial charge is 0.343 e. The van der Waals surface area contributed by atoms with Crippen molar-refractivity contribution in [2.45, 2.75) is 20.3 Å². The van der Waals surface area contributed by atoms with Gasteiger partial charge in [-0.1, -0.05) is 48.6 Å². The molecule has 128 valence electrons. The van der Waals surface area contributed by atoms with Crippen molar-refractivity contribution in [3.8, 4) is 17.6 Å². The Morgan fingerprint density at radius 2 is 1.35 bits per heavy atom. The molecule has 0 aliphatic carbocycles. The minimum Gasteiger partial charge on any atom is -0.423 e. The van der Waals surface area contributed by atoms with Gasteiger partial charge in [0, 0.05) is 11.1 Å². The average Bonchev–Trinajstić information content (AvgIpc) is 2.69. The maximum Gasteiger partial charge on any atom is 0.343 e. The zero-order valence-electron chi connectivity index (χ0n) is 15.0. The van der Waals surface area contributed by atoms with Crippen molar-refractivity contribution in [2.75, 3.05) is 0 Å². The van der Waals surface area contributed by atoms with Gasteiger partial charge in [-0.2, -0.15) is 0 Å². The highest BCUT2D eigenvalue weighted by Crippen LogP contribution is 2.14. The molecule has 0 fully saturated rings. The van der Waals surface area contributed by atoms with Gasteiger partial charge in [0.2, 0.25) is 0 Å². The molecule has 0 aliphatic rings. The number of hydrogen-bond acceptors (Lipinski definition) is 2. The van der Waals surface area contributed by atoms with Gasteiger partial charge in [-0.15, -0.1) is 0 Å². The Bertz CT molecular complexity index is 938. The van der Waals surface area contributed by atoms with Gasteiger partial charge in [-0.25, -0.2) is 4.79 Å². The summed E-state index contributed by atoms with van der Waals surface area (Å²) in [6, 6.07) is 22.8. The van der Waals surface area contributed by atoms with Crippen LogP contribution < -0.4 is 4.74 Å². The van der Waals surface area contributed by atoms with Crippen LogP contribution in [0.1, 0.15) is 39.5 Å². The van der Waals surface area contributed by atoms with Crippen molar-refractivity contribution in [2.24, 2.45) is 0 Å². The number of esters is 1. The van der Waals surface area contributed by atoms with Crippen LogP contribution in [0.5, 0.6) is 5.75 Å². The van der Waals surface area contributed by atoms with Gasteiger partial charge in [0.1, 0.15) is 5.75 Å². The van der Waals surface area contributed by atoms with E-state index in [9.17, 15) is 4.79 Å². The highest BCUT2D eigenvalue weighted by atomic mass is 16.5. The Labute approximate surface area is 154 Å². The molecule has 0 N–H and O–H groups in total. The number of hydrogen-bond donors (Lipinski definition) is 0. The molecule has 0 saturated heterocycles. The van der Waals surface area contributed by atoms with Crippen LogP contribution >= 0.6 is 0 Å². The molecule has 0 heterocycles. The first-order chi connectivity index (χ1) is 12.6. The van der Waals surface area contributed by atoms with E-state index in [1.807, 2.05) is 43.3 Å². The van der Waals surface area contributed by atoms with E-state index in [0.717, 1.165) is 23.1 Å². The summed E-state index contributed by atoms with van der Waals surface area (Å²) in [4.78, 5) is 12.2. The van der Waals surface area contributed by atoms with Crippen LogP contribution in [0.2, 0.25) is 0 Å². The lowest BCUT2D eigenvalue weighted by molar-refractivity contribution is 0.0734. The molecule has 0 bridgehead atoms. The third-order valence-electron chi connectivity index (χ3n) is 4.07. The maximum absolute atomic E-state index is 12.2. The minimum absolute atomic E-state index is 0.372. The van der Waals surface area contributed by atoms with Gasteiger partial charge in [-0.3, -0.25) is 0 Å². The molecule has 0 saturated carbocycles. The summed E-state index contributed by atoms with van der Waals surface area (Å²) in [6.07, 6.45) is 1.02. The van der Waals surface area contributed by atoms with Crippen molar-refractivity contribution < 1.29 is 9.53 Å². The number of aryl methyl sites for hydroxylation is 2. The Morgan fingerprint density at radius 1 is 0.808 bits per heavy atom. The molecule has 0 aliphatic heterocycles. The lowest BCUT2D eigenvalue weighted by Gasteiger charge is -2.04. The van der Waals surface area contributed by atoms with Gasteiger partial charge in [-0.05, 0) is 67.4 Å². The van der Waals surface area contributed by atoms with E-state index in [2.05, 4.69) is 30.9 Å². The van der Waals surface area contributed by atoms with E-state index < -0.39 is 0 Å².